The summed E-state index contributed by atoms with van der Waals surface area (Å²) in [6, 6.07) is 18.9. The largest absolute Gasteiger partial charge is 0.467 e. The first-order chi connectivity index (χ1) is 25.5. The second-order valence-electron chi connectivity index (χ2n) is 12.5. The maximum absolute atomic E-state index is 13.9. The molecule has 3 aromatic carbocycles. The lowest BCUT2D eigenvalue weighted by molar-refractivity contribution is -0.146. The molecule has 0 saturated carbocycles. The number of hydrogen-bond acceptors (Lipinski definition) is 9. The van der Waals surface area contributed by atoms with Crippen LogP contribution in [0.1, 0.15) is 36.2 Å². The summed E-state index contributed by atoms with van der Waals surface area (Å²) in [6.07, 6.45) is 1.41. The molecular formula is C38H36FN5O8S. The highest BCUT2D eigenvalue weighted by atomic mass is 32.2. The molecule has 1 unspecified atom stereocenters. The lowest BCUT2D eigenvalue weighted by Gasteiger charge is -2.22. The molecular weight excluding hydrogens is 706 g/mol. The van der Waals surface area contributed by atoms with Gasteiger partial charge in [0.05, 0.1) is 12.7 Å². The van der Waals surface area contributed by atoms with Crippen molar-refractivity contribution in [2.24, 2.45) is 5.92 Å². The van der Waals surface area contributed by atoms with E-state index in [1.165, 1.54) is 42.7 Å². The van der Waals surface area contributed by atoms with Gasteiger partial charge in [0.2, 0.25) is 23.1 Å². The van der Waals surface area contributed by atoms with Gasteiger partial charge in [-0.25, -0.2) is 18.4 Å². The summed E-state index contributed by atoms with van der Waals surface area (Å²) in [6.45, 7) is 3.23. The molecule has 2 atom stereocenters. The second-order valence-corrected chi connectivity index (χ2v) is 13.5. The van der Waals surface area contributed by atoms with Crippen LogP contribution in [0.15, 0.2) is 87.8 Å². The molecule has 2 amide bonds. The Bertz CT molecular complexity index is 2310. The van der Waals surface area contributed by atoms with Crippen molar-refractivity contribution >= 4 is 51.2 Å². The highest BCUT2D eigenvalue weighted by Crippen LogP contribution is 2.39. The summed E-state index contributed by atoms with van der Waals surface area (Å²) in [4.78, 5) is 47.3. The average Bonchev–Trinajstić information content (AvgIpc) is 3.76. The van der Waals surface area contributed by atoms with E-state index in [0.29, 0.717) is 55.9 Å². The summed E-state index contributed by atoms with van der Waals surface area (Å²) in [7, 11) is 2.72. The number of methoxy groups -OCH3 is 1. The number of oxazole rings is 1. The van der Waals surface area contributed by atoms with Gasteiger partial charge in [0.25, 0.3) is 5.91 Å². The maximum atomic E-state index is 13.9. The summed E-state index contributed by atoms with van der Waals surface area (Å²) in [5, 5.41) is 5.74. The topological polar surface area (TPSA) is 177 Å². The lowest BCUT2D eigenvalue weighted by Crippen LogP contribution is -2.45. The normalized spacial score (nSPS) is 12.7. The number of furan rings is 1. The number of halogens is 1. The van der Waals surface area contributed by atoms with E-state index < -0.39 is 40.9 Å². The number of hydrogen-bond donors (Lipinski definition) is 3. The standard InChI is InChI=1S/C38H36FN5O8S/c1-21(2)33(38(47)50-4)42-31(45)14-16-44(53(48)49)20-25-18-30-28(32(36(46)40-3)34(51-30)22-10-12-26(39)13-11-22)19-27(25)23-7-5-8-24(17-23)37-43-35-29(52-37)9-6-15-41-35/h5-13,15,17-19,21,33H,14,16,20H2,1-4H3,(H,40,46)(H,42,45)(H,48,49)/t33-/m0/s1. The molecule has 0 aliphatic heterocycles. The number of rotatable bonds is 13. The first-order valence-electron chi connectivity index (χ1n) is 16.6. The zero-order valence-corrected chi connectivity index (χ0v) is 30.0. The molecule has 6 rings (SSSR count). The fourth-order valence-electron chi connectivity index (χ4n) is 5.95. The minimum absolute atomic E-state index is 0.134. The average molecular weight is 742 g/mol. The predicted molar refractivity (Wildman–Crippen MR) is 196 cm³/mol. The maximum Gasteiger partial charge on any atom is 0.328 e. The van der Waals surface area contributed by atoms with Gasteiger partial charge in [-0.1, -0.05) is 26.0 Å². The van der Waals surface area contributed by atoms with E-state index in [1.807, 2.05) is 18.2 Å². The fourth-order valence-corrected chi connectivity index (χ4v) is 6.45. The van der Waals surface area contributed by atoms with Gasteiger partial charge in [0.1, 0.15) is 23.2 Å². The number of benzene rings is 3. The molecule has 0 bridgehead atoms. The highest BCUT2D eigenvalue weighted by molar-refractivity contribution is 7.76. The number of ether oxygens (including phenoxy) is 1. The van der Waals surface area contributed by atoms with E-state index in [1.54, 1.807) is 50.4 Å². The van der Waals surface area contributed by atoms with Crippen LogP contribution in [0.4, 0.5) is 4.39 Å². The molecule has 0 saturated heterocycles. The van der Waals surface area contributed by atoms with E-state index >= 15 is 0 Å². The summed E-state index contributed by atoms with van der Waals surface area (Å²) >= 11 is -2.53. The molecule has 0 fully saturated rings. The monoisotopic (exact) mass is 741 g/mol. The molecule has 53 heavy (non-hydrogen) atoms. The zero-order chi connectivity index (χ0) is 37.8. The first kappa shape index (κ1) is 37.0. The van der Waals surface area contributed by atoms with Crippen molar-refractivity contribution in [3.8, 4) is 33.9 Å². The van der Waals surface area contributed by atoms with Crippen molar-refractivity contribution in [2.45, 2.75) is 32.9 Å². The van der Waals surface area contributed by atoms with Crippen molar-refractivity contribution in [1.82, 2.24) is 24.9 Å². The number of carbonyl (C=O) groups excluding carboxylic acids is 3. The second kappa shape index (κ2) is 15.9. The quantitative estimate of drug-likeness (QED) is 0.0925. The minimum atomic E-state index is -2.53. The van der Waals surface area contributed by atoms with Crippen LogP contribution in [0.3, 0.4) is 0 Å². The molecule has 15 heteroatoms. The third kappa shape index (κ3) is 8.01. The van der Waals surface area contributed by atoms with Crippen molar-refractivity contribution in [3.05, 3.63) is 95.9 Å². The van der Waals surface area contributed by atoms with Crippen molar-refractivity contribution < 1.29 is 41.1 Å². The van der Waals surface area contributed by atoms with Crippen LogP contribution in [-0.4, -0.2) is 67.6 Å². The Balaban J connectivity index is 1.44. The van der Waals surface area contributed by atoms with Crippen LogP contribution < -0.4 is 10.6 Å². The van der Waals surface area contributed by atoms with E-state index in [4.69, 9.17) is 13.6 Å². The van der Waals surface area contributed by atoms with E-state index in [9.17, 15) is 27.5 Å². The number of carbonyl (C=O) groups is 3. The number of nitrogens with zero attached hydrogens (tertiary/aromatic N) is 3. The molecule has 6 aromatic rings. The number of amides is 2. The Labute approximate surface area is 306 Å². The van der Waals surface area contributed by atoms with Crippen LogP contribution in [0, 0.1) is 11.7 Å². The molecule has 3 aromatic heterocycles. The van der Waals surface area contributed by atoms with E-state index in [2.05, 4.69) is 20.6 Å². The van der Waals surface area contributed by atoms with Crippen LogP contribution in [0.2, 0.25) is 0 Å². The number of esters is 1. The van der Waals surface area contributed by atoms with Gasteiger partial charge in [0.15, 0.2) is 11.2 Å². The Kier molecular flexibility index (Phi) is 11.1. The van der Waals surface area contributed by atoms with Crippen LogP contribution in [0.25, 0.3) is 56.1 Å². The summed E-state index contributed by atoms with van der Waals surface area (Å²) < 4.78 is 55.2. The van der Waals surface area contributed by atoms with Gasteiger partial charge < -0.3 is 24.2 Å². The number of aromatic nitrogens is 2. The number of pyridine rings is 1. The van der Waals surface area contributed by atoms with E-state index in [-0.39, 0.29) is 36.8 Å². The van der Waals surface area contributed by atoms with Gasteiger partial charge in [-0.3, -0.25) is 14.1 Å². The molecule has 0 radical (unpaired) electrons. The molecule has 3 N–H and O–H groups in total. The summed E-state index contributed by atoms with van der Waals surface area (Å²) in [5.41, 5.74) is 4.30. The van der Waals surface area contributed by atoms with E-state index in [0.717, 1.165) is 0 Å². The Morgan fingerprint density at radius 2 is 1.74 bits per heavy atom. The van der Waals surface area contributed by atoms with Crippen LogP contribution >= 0.6 is 0 Å². The van der Waals surface area contributed by atoms with Gasteiger partial charge in [0, 0.05) is 49.3 Å². The highest BCUT2D eigenvalue weighted by Gasteiger charge is 2.27. The third-order valence-corrected chi connectivity index (χ3v) is 9.41. The molecule has 274 valence electrons. The zero-order valence-electron chi connectivity index (χ0n) is 29.2. The molecule has 0 aliphatic carbocycles. The smallest absolute Gasteiger partial charge is 0.328 e. The third-order valence-electron chi connectivity index (χ3n) is 8.65. The minimum Gasteiger partial charge on any atom is -0.467 e. The molecule has 0 spiro atoms. The first-order valence-corrected chi connectivity index (χ1v) is 17.7. The Morgan fingerprint density at radius 1 is 0.981 bits per heavy atom. The van der Waals surface area contributed by atoms with Crippen LogP contribution in [0.5, 0.6) is 0 Å². The number of fused-ring (bicyclic) bond motifs is 2. The van der Waals surface area contributed by atoms with Crippen molar-refractivity contribution in [3.63, 3.8) is 0 Å². The van der Waals surface area contributed by atoms with Crippen molar-refractivity contribution in [1.29, 1.82) is 0 Å². The molecule has 13 nitrogen and oxygen atoms in total. The number of nitrogens with one attached hydrogen (secondary N) is 2. The van der Waals surface area contributed by atoms with Gasteiger partial charge in [-0.15, -0.1) is 0 Å². The lowest BCUT2D eigenvalue weighted by atomic mass is 9.94. The van der Waals surface area contributed by atoms with Gasteiger partial charge in [-0.05, 0) is 83.3 Å². The van der Waals surface area contributed by atoms with Crippen LogP contribution in [-0.2, 0) is 32.1 Å². The fraction of sp³-hybridized carbons (Fsp3) is 0.237. The summed E-state index contributed by atoms with van der Waals surface area (Å²) in [5.74, 6) is -1.72. The Morgan fingerprint density at radius 3 is 2.42 bits per heavy atom. The molecule has 3 heterocycles. The predicted octanol–water partition coefficient (Wildman–Crippen LogP) is 6.11. The van der Waals surface area contributed by atoms with Gasteiger partial charge in [-0.2, -0.15) is 9.29 Å². The van der Waals surface area contributed by atoms with Gasteiger partial charge >= 0.3 is 5.97 Å². The SMILES string of the molecule is CNC(=O)c1c(-c2ccc(F)cc2)oc2cc(CN(CCC(=O)N[C@H](C(=O)OC)C(C)C)S(=O)O)c(-c3cccc(-c4nc5ncccc5o4)c3)cc12. The van der Waals surface area contributed by atoms with Crippen molar-refractivity contribution in [2.75, 3.05) is 20.7 Å². The Hall–Kier alpha value is -5.77. The molecule has 0 aliphatic rings.